The van der Waals surface area contributed by atoms with Crippen molar-refractivity contribution in [2.75, 3.05) is 5.32 Å². The highest BCUT2D eigenvalue weighted by Crippen LogP contribution is 2.30. The first kappa shape index (κ1) is 19.5. The van der Waals surface area contributed by atoms with Crippen molar-refractivity contribution in [3.05, 3.63) is 36.3 Å². The molecule has 0 saturated heterocycles. The average Bonchev–Trinajstić information content (AvgIpc) is 3.12. The van der Waals surface area contributed by atoms with Crippen LogP contribution in [0.15, 0.2) is 40.7 Å². The fourth-order valence-corrected chi connectivity index (χ4v) is 3.81. The van der Waals surface area contributed by atoms with Crippen LogP contribution in [-0.4, -0.2) is 43.8 Å². The van der Waals surface area contributed by atoms with Gasteiger partial charge in [-0.3, -0.25) is 0 Å². The van der Waals surface area contributed by atoms with Crippen molar-refractivity contribution < 1.29 is 5.11 Å². The van der Waals surface area contributed by atoms with Crippen molar-refractivity contribution in [1.82, 2.24) is 15.0 Å². The molecule has 2 aromatic heterocycles. The third-order valence-electron chi connectivity index (χ3n) is 5.62. The van der Waals surface area contributed by atoms with Crippen LogP contribution in [0.4, 0.5) is 5.95 Å². The first-order valence-electron chi connectivity index (χ1n) is 10.2. The third kappa shape index (κ3) is 4.62. The third-order valence-corrected chi connectivity index (χ3v) is 5.62. The van der Waals surface area contributed by atoms with Gasteiger partial charge in [0.2, 0.25) is 5.95 Å². The quantitative estimate of drug-likeness (QED) is 0.732. The van der Waals surface area contributed by atoms with Crippen molar-refractivity contribution in [2.24, 2.45) is 15.9 Å². The fraction of sp³-hybridized carbons (Fsp3) is 0.455. The predicted octanol–water partition coefficient (Wildman–Crippen LogP) is 4.10. The fourth-order valence-electron chi connectivity index (χ4n) is 3.81. The lowest BCUT2D eigenvalue weighted by Gasteiger charge is -2.33. The van der Waals surface area contributed by atoms with Gasteiger partial charge in [-0.05, 0) is 51.0 Å². The Bertz CT molecular complexity index is 1000. The molecule has 3 heterocycles. The van der Waals surface area contributed by atoms with Gasteiger partial charge >= 0.3 is 0 Å². The molecule has 0 spiro atoms. The molecule has 0 radical (unpaired) electrons. The van der Waals surface area contributed by atoms with Crippen LogP contribution in [0.3, 0.4) is 0 Å². The minimum atomic E-state index is -0.543. The average molecular weight is 393 g/mol. The van der Waals surface area contributed by atoms with E-state index in [4.69, 9.17) is 0 Å². The second-order valence-corrected chi connectivity index (χ2v) is 8.33. The van der Waals surface area contributed by atoms with E-state index in [1.807, 2.05) is 38.5 Å². The van der Waals surface area contributed by atoms with Crippen LogP contribution in [0.1, 0.15) is 52.0 Å². The van der Waals surface area contributed by atoms with Gasteiger partial charge in [0, 0.05) is 41.8 Å². The predicted molar refractivity (Wildman–Crippen MR) is 118 cm³/mol. The monoisotopic (exact) mass is 392 g/mol. The van der Waals surface area contributed by atoms with E-state index >= 15 is 0 Å². The van der Waals surface area contributed by atoms with Crippen LogP contribution in [0.25, 0.3) is 16.6 Å². The van der Waals surface area contributed by atoms with Gasteiger partial charge in [0.25, 0.3) is 0 Å². The summed E-state index contributed by atoms with van der Waals surface area (Å²) in [5.74, 6) is 1.57. The zero-order valence-corrected chi connectivity index (χ0v) is 17.2. The van der Waals surface area contributed by atoms with Crippen molar-refractivity contribution >= 4 is 34.6 Å². The largest absolute Gasteiger partial charge is 0.390 e. The van der Waals surface area contributed by atoms with E-state index in [1.54, 1.807) is 6.20 Å². The van der Waals surface area contributed by atoms with Crippen LogP contribution in [0, 0.1) is 5.92 Å². The molecule has 0 bridgehead atoms. The molecule has 2 aromatic rings. The Hall–Kier alpha value is -2.80. The highest BCUT2D eigenvalue weighted by atomic mass is 16.3. The smallest absolute Gasteiger partial charge is 0.224 e. The zero-order valence-electron chi connectivity index (χ0n) is 17.2. The first-order chi connectivity index (χ1) is 13.9. The Morgan fingerprint density at radius 1 is 1.28 bits per heavy atom. The molecule has 0 amide bonds. The summed E-state index contributed by atoms with van der Waals surface area (Å²) in [7, 11) is 0. The van der Waals surface area contributed by atoms with E-state index in [9.17, 15) is 5.11 Å². The summed E-state index contributed by atoms with van der Waals surface area (Å²) in [6.07, 6.45) is 15.1. The van der Waals surface area contributed by atoms with E-state index in [0.717, 1.165) is 53.7 Å². The zero-order chi connectivity index (χ0) is 20.4. The molecule has 152 valence electrons. The summed E-state index contributed by atoms with van der Waals surface area (Å²) >= 11 is 0. The molecule has 1 aliphatic carbocycles. The Kier molecular flexibility index (Phi) is 5.32. The van der Waals surface area contributed by atoms with E-state index in [2.05, 4.69) is 43.3 Å². The molecular formula is C22H28N6O. The minimum Gasteiger partial charge on any atom is -0.390 e. The Morgan fingerprint density at radius 3 is 2.86 bits per heavy atom. The molecule has 1 fully saturated rings. The lowest BCUT2D eigenvalue weighted by Crippen LogP contribution is -2.36. The molecule has 1 atom stereocenters. The van der Waals surface area contributed by atoms with Gasteiger partial charge in [-0.15, -0.1) is 0 Å². The maximum absolute atomic E-state index is 10.1. The van der Waals surface area contributed by atoms with Crippen LogP contribution in [0.2, 0.25) is 0 Å². The summed E-state index contributed by atoms with van der Waals surface area (Å²) < 4.78 is 0. The lowest BCUT2D eigenvalue weighted by atomic mass is 9.84. The van der Waals surface area contributed by atoms with E-state index in [0.29, 0.717) is 12.0 Å². The SMILES string of the molecule is CC1=N/C=C\[C@H](C)/C=C(/c2c[nH]c3nc(NC4CCC(C)(O)CC4)ncc23)C=N1. The number of hydrogen-bond donors (Lipinski definition) is 3. The molecule has 3 N–H and O–H groups in total. The topological polar surface area (TPSA) is 98.5 Å². The lowest BCUT2D eigenvalue weighted by molar-refractivity contribution is 0.0196. The molecule has 0 unspecified atom stereocenters. The van der Waals surface area contributed by atoms with Crippen LogP contribution in [0.5, 0.6) is 0 Å². The molecule has 0 aromatic carbocycles. The number of nitrogens with one attached hydrogen (secondary N) is 2. The molecule has 29 heavy (non-hydrogen) atoms. The summed E-state index contributed by atoms with van der Waals surface area (Å²) in [5.41, 5.74) is 2.30. The van der Waals surface area contributed by atoms with E-state index < -0.39 is 5.60 Å². The maximum Gasteiger partial charge on any atom is 0.224 e. The molecule has 7 heteroatoms. The number of aromatic amines is 1. The van der Waals surface area contributed by atoms with Gasteiger partial charge in [-0.25, -0.2) is 15.0 Å². The first-order valence-corrected chi connectivity index (χ1v) is 10.2. The van der Waals surface area contributed by atoms with Gasteiger partial charge in [-0.2, -0.15) is 4.98 Å². The second-order valence-electron chi connectivity index (χ2n) is 8.33. The van der Waals surface area contributed by atoms with Crippen molar-refractivity contribution in [3.8, 4) is 0 Å². The van der Waals surface area contributed by atoms with Crippen molar-refractivity contribution in [3.63, 3.8) is 0 Å². The number of amidine groups is 1. The van der Waals surface area contributed by atoms with Crippen molar-refractivity contribution in [1.29, 1.82) is 0 Å². The number of aliphatic imine (C=N–C) groups is 2. The molecular weight excluding hydrogens is 364 g/mol. The van der Waals surface area contributed by atoms with Gasteiger partial charge in [0.05, 0.1) is 5.60 Å². The highest BCUT2D eigenvalue weighted by Gasteiger charge is 2.28. The number of aromatic nitrogens is 3. The number of fused-ring (bicyclic) bond motifs is 1. The summed E-state index contributed by atoms with van der Waals surface area (Å²) in [6, 6.07) is 0.293. The summed E-state index contributed by atoms with van der Waals surface area (Å²) in [6.45, 7) is 5.91. The number of nitrogens with zero attached hydrogens (tertiary/aromatic N) is 4. The molecule has 4 rings (SSSR count). The Labute approximate surface area is 170 Å². The summed E-state index contributed by atoms with van der Waals surface area (Å²) in [4.78, 5) is 21.2. The number of anilines is 1. The van der Waals surface area contributed by atoms with Gasteiger partial charge in [-0.1, -0.05) is 19.1 Å². The molecule has 1 saturated carbocycles. The van der Waals surface area contributed by atoms with Gasteiger partial charge in [0.1, 0.15) is 11.5 Å². The van der Waals surface area contributed by atoms with E-state index in [-0.39, 0.29) is 5.92 Å². The number of allylic oxidation sites excluding steroid dienone is 3. The van der Waals surface area contributed by atoms with Crippen LogP contribution < -0.4 is 5.32 Å². The number of rotatable bonds is 3. The Balaban J connectivity index is 1.58. The number of aliphatic hydroxyl groups is 1. The highest BCUT2D eigenvalue weighted by molar-refractivity contribution is 6.17. The summed E-state index contributed by atoms with van der Waals surface area (Å²) in [5, 5.41) is 14.5. The number of hydrogen-bond acceptors (Lipinski definition) is 6. The van der Waals surface area contributed by atoms with Gasteiger partial charge in [0.15, 0.2) is 0 Å². The maximum atomic E-state index is 10.1. The minimum absolute atomic E-state index is 0.237. The normalized spacial score (nSPS) is 30.6. The van der Waals surface area contributed by atoms with E-state index in [1.165, 1.54) is 0 Å². The second kappa shape index (κ2) is 7.91. The molecule has 2 aliphatic rings. The van der Waals surface area contributed by atoms with Crippen LogP contribution in [-0.2, 0) is 0 Å². The molecule has 1 aliphatic heterocycles. The Morgan fingerprint density at radius 2 is 2.07 bits per heavy atom. The molecule has 7 nitrogen and oxygen atoms in total. The van der Waals surface area contributed by atoms with Gasteiger partial charge < -0.3 is 15.4 Å². The van der Waals surface area contributed by atoms with Crippen molar-refractivity contribution in [2.45, 2.75) is 58.1 Å². The van der Waals surface area contributed by atoms with Crippen LogP contribution >= 0.6 is 0 Å². The number of H-pyrrole nitrogens is 1. The standard InChI is InChI=1S/C22H28N6O/c1-14-6-9-23-15(2)24-11-16(10-14)18-12-25-20-19(18)13-26-21(28-20)27-17-4-7-22(3,29)8-5-17/h6,9-14,17,29H,4-5,7-8H2,1-3H3,(H2,25,26,27,28)/b9-6-,16-10+,23-15?,24-11?/t14-,17?,22?/m0/s1.